The van der Waals surface area contributed by atoms with E-state index in [9.17, 15) is 5.11 Å². The minimum Gasteiger partial charge on any atom is -0.385 e. The largest absolute Gasteiger partial charge is 0.385 e. The summed E-state index contributed by atoms with van der Waals surface area (Å²) in [6.45, 7) is 6.09. The van der Waals surface area contributed by atoms with Gasteiger partial charge in [-0.15, -0.1) is 0 Å². The summed E-state index contributed by atoms with van der Waals surface area (Å²) in [7, 11) is 0. The maximum absolute atomic E-state index is 10.4. The minimum atomic E-state index is -0.763. The average Bonchev–Trinajstić information content (AvgIpc) is 2.18. The maximum atomic E-state index is 10.4. The molecule has 0 aliphatic carbocycles. The van der Waals surface area contributed by atoms with Gasteiger partial charge in [-0.25, -0.2) is 0 Å². The van der Waals surface area contributed by atoms with Gasteiger partial charge >= 0.3 is 0 Å². The SMILES string of the molecule is CCCC(C)C(C)(O)c1ccc(Cl)cc1. The van der Waals surface area contributed by atoms with Crippen molar-refractivity contribution in [3.63, 3.8) is 0 Å². The molecule has 1 rings (SSSR count). The Kier molecular flexibility index (Phi) is 4.18. The number of aliphatic hydroxyl groups is 1. The zero-order valence-corrected chi connectivity index (χ0v) is 10.4. The van der Waals surface area contributed by atoms with Crippen LogP contribution < -0.4 is 0 Å². The van der Waals surface area contributed by atoms with Gasteiger partial charge in [0.05, 0.1) is 5.60 Å². The van der Waals surface area contributed by atoms with Crippen molar-refractivity contribution in [2.75, 3.05) is 0 Å². The van der Waals surface area contributed by atoms with E-state index in [-0.39, 0.29) is 5.92 Å². The first kappa shape index (κ1) is 12.5. The molecule has 84 valence electrons. The van der Waals surface area contributed by atoms with Gasteiger partial charge in [0.25, 0.3) is 0 Å². The molecule has 1 N–H and O–H groups in total. The van der Waals surface area contributed by atoms with Crippen LogP contribution in [0.2, 0.25) is 5.02 Å². The van der Waals surface area contributed by atoms with Crippen molar-refractivity contribution < 1.29 is 5.11 Å². The highest BCUT2D eigenvalue weighted by Gasteiger charge is 2.29. The zero-order chi connectivity index (χ0) is 11.5. The molecule has 0 aliphatic heterocycles. The monoisotopic (exact) mass is 226 g/mol. The Bertz CT molecular complexity index is 303. The summed E-state index contributed by atoms with van der Waals surface area (Å²) >= 11 is 5.82. The summed E-state index contributed by atoms with van der Waals surface area (Å²) in [5, 5.41) is 11.1. The Hall–Kier alpha value is -0.530. The normalized spacial score (nSPS) is 17.1. The quantitative estimate of drug-likeness (QED) is 0.824. The first-order valence-electron chi connectivity index (χ1n) is 5.47. The van der Waals surface area contributed by atoms with Gasteiger partial charge in [0, 0.05) is 5.02 Å². The summed E-state index contributed by atoms with van der Waals surface area (Å²) in [6.07, 6.45) is 2.11. The fraction of sp³-hybridized carbons (Fsp3) is 0.538. The lowest BCUT2D eigenvalue weighted by Gasteiger charge is -2.30. The third-order valence-corrected chi connectivity index (χ3v) is 3.36. The van der Waals surface area contributed by atoms with Crippen LogP contribution in [0.4, 0.5) is 0 Å². The number of hydrogen-bond acceptors (Lipinski definition) is 1. The molecule has 2 unspecified atom stereocenters. The van der Waals surface area contributed by atoms with Gasteiger partial charge in [-0.2, -0.15) is 0 Å². The van der Waals surface area contributed by atoms with Crippen molar-refractivity contribution in [2.45, 2.75) is 39.2 Å². The average molecular weight is 227 g/mol. The second-order valence-corrected chi connectivity index (χ2v) is 4.78. The Balaban J connectivity index is 2.89. The van der Waals surface area contributed by atoms with Crippen molar-refractivity contribution in [1.29, 1.82) is 0 Å². The van der Waals surface area contributed by atoms with Gasteiger partial charge in [-0.05, 0) is 37.0 Å². The van der Waals surface area contributed by atoms with Crippen LogP contribution in [0.3, 0.4) is 0 Å². The summed E-state index contributed by atoms with van der Waals surface area (Å²) in [6, 6.07) is 7.44. The minimum absolute atomic E-state index is 0.253. The van der Waals surface area contributed by atoms with Crippen molar-refractivity contribution in [1.82, 2.24) is 0 Å². The standard InChI is InChI=1S/C13H19ClO/c1-4-5-10(2)13(3,15)11-6-8-12(14)9-7-11/h6-10,15H,4-5H2,1-3H3. The van der Waals surface area contributed by atoms with E-state index in [1.54, 1.807) is 0 Å². The van der Waals surface area contributed by atoms with Crippen LogP contribution in [0, 0.1) is 5.92 Å². The molecule has 15 heavy (non-hydrogen) atoms. The Labute approximate surface area is 97.1 Å². The van der Waals surface area contributed by atoms with E-state index >= 15 is 0 Å². The van der Waals surface area contributed by atoms with Crippen LogP contribution in [0.5, 0.6) is 0 Å². The third-order valence-electron chi connectivity index (χ3n) is 3.11. The molecule has 2 heteroatoms. The van der Waals surface area contributed by atoms with E-state index < -0.39 is 5.60 Å². The number of halogens is 1. The number of benzene rings is 1. The molecule has 0 amide bonds. The highest BCUT2D eigenvalue weighted by Crippen LogP contribution is 2.32. The first-order valence-corrected chi connectivity index (χ1v) is 5.84. The molecule has 0 aliphatic rings. The highest BCUT2D eigenvalue weighted by molar-refractivity contribution is 6.30. The van der Waals surface area contributed by atoms with Gasteiger partial charge < -0.3 is 5.11 Å². The molecule has 1 aromatic rings. The fourth-order valence-electron chi connectivity index (χ4n) is 1.79. The third kappa shape index (κ3) is 2.96. The molecule has 0 fully saturated rings. The molecular weight excluding hydrogens is 208 g/mol. The molecule has 0 spiro atoms. The lowest BCUT2D eigenvalue weighted by Crippen LogP contribution is -2.29. The van der Waals surface area contributed by atoms with Gasteiger partial charge in [0.15, 0.2) is 0 Å². The second kappa shape index (κ2) is 5.00. The molecule has 0 aromatic heterocycles. The van der Waals surface area contributed by atoms with Crippen LogP contribution in [0.1, 0.15) is 39.2 Å². The molecule has 0 bridgehead atoms. The van der Waals surface area contributed by atoms with Crippen LogP contribution in [-0.2, 0) is 5.60 Å². The molecule has 1 nitrogen and oxygen atoms in total. The Morgan fingerprint density at radius 1 is 1.33 bits per heavy atom. The lowest BCUT2D eigenvalue weighted by molar-refractivity contribution is -0.00219. The summed E-state index contributed by atoms with van der Waals surface area (Å²) in [5.41, 5.74) is 0.175. The molecule has 0 heterocycles. The van der Waals surface area contributed by atoms with E-state index in [0.717, 1.165) is 18.4 Å². The van der Waals surface area contributed by atoms with Gasteiger partial charge in [-0.1, -0.05) is 44.0 Å². The van der Waals surface area contributed by atoms with Crippen LogP contribution in [0.15, 0.2) is 24.3 Å². The van der Waals surface area contributed by atoms with Crippen LogP contribution in [0.25, 0.3) is 0 Å². The van der Waals surface area contributed by atoms with Gasteiger partial charge in [-0.3, -0.25) is 0 Å². The first-order chi connectivity index (χ1) is 6.98. The van der Waals surface area contributed by atoms with Crippen molar-refractivity contribution >= 4 is 11.6 Å². The summed E-state index contributed by atoms with van der Waals surface area (Å²) < 4.78 is 0. The molecule has 2 atom stereocenters. The summed E-state index contributed by atoms with van der Waals surface area (Å²) in [4.78, 5) is 0. The van der Waals surface area contributed by atoms with E-state index in [1.165, 1.54) is 0 Å². The zero-order valence-electron chi connectivity index (χ0n) is 9.63. The topological polar surface area (TPSA) is 20.2 Å². The molecule has 0 saturated heterocycles. The maximum Gasteiger partial charge on any atom is 0.0893 e. The van der Waals surface area contributed by atoms with Gasteiger partial charge in [0.1, 0.15) is 0 Å². The molecule has 1 aromatic carbocycles. The molecular formula is C13H19ClO. The predicted molar refractivity (Wildman–Crippen MR) is 65.1 cm³/mol. The molecule has 0 radical (unpaired) electrons. The Morgan fingerprint density at radius 3 is 2.33 bits per heavy atom. The highest BCUT2D eigenvalue weighted by atomic mass is 35.5. The van der Waals surface area contributed by atoms with Crippen molar-refractivity contribution in [2.24, 2.45) is 5.92 Å². The van der Waals surface area contributed by atoms with Gasteiger partial charge in [0.2, 0.25) is 0 Å². The Morgan fingerprint density at radius 2 is 1.87 bits per heavy atom. The second-order valence-electron chi connectivity index (χ2n) is 4.34. The van der Waals surface area contributed by atoms with E-state index in [0.29, 0.717) is 5.02 Å². The van der Waals surface area contributed by atoms with Crippen LogP contribution in [-0.4, -0.2) is 5.11 Å². The van der Waals surface area contributed by atoms with E-state index in [4.69, 9.17) is 11.6 Å². The number of rotatable bonds is 4. The summed E-state index contributed by atoms with van der Waals surface area (Å²) in [5.74, 6) is 0.253. The number of hydrogen-bond donors (Lipinski definition) is 1. The van der Waals surface area contributed by atoms with E-state index in [1.807, 2.05) is 31.2 Å². The van der Waals surface area contributed by atoms with E-state index in [2.05, 4.69) is 13.8 Å². The van der Waals surface area contributed by atoms with Crippen LogP contribution >= 0.6 is 11.6 Å². The van der Waals surface area contributed by atoms with Crippen molar-refractivity contribution in [3.05, 3.63) is 34.9 Å². The molecule has 0 saturated carbocycles. The fourth-order valence-corrected chi connectivity index (χ4v) is 1.91. The van der Waals surface area contributed by atoms with Crippen molar-refractivity contribution in [3.8, 4) is 0 Å². The lowest BCUT2D eigenvalue weighted by atomic mass is 9.82. The predicted octanol–water partition coefficient (Wildman–Crippen LogP) is 3.98. The smallest absolute Gasteiger partial charge is 0.0893 e.